The minimum absolute atomic E-state index is 0.379. The molecule has 1 rings (SSSR count). The van der Waals surface area contributed by atoms with Crippen molar-refractivity contribution in [2.75, 3.05) is 6.54 Å². The van der Waals surface area contributed by atoms with E-state index in [0.29, 0.717) is 6.54 Å². The summed E-state index contributed by atoms with van der Waals surface area (Å²) in [7, 11) is 0. The Kier molecular flexibility index (Phi) is 6.23. The van der Waals surface area contributed by atoms with Crippen molar-refractivity contribution in [3.8, 4) is 0 Å². The van der Waals surface area contributed by atoms with Gasteiger partial charge in [0.1, 0.15) is 5.60 Å². The number of hydrogen-bond acceptors (Lipinski definition) is 3. The predicted octanol–water partition coefficient (Wildman–Crippen LogP) is 4.00. The molecule has 1 aromatic rings. The Balaban J connectivity index is 2.54. The van der Waals surface area contributed by atoms with Crippen molar-refractivity contribution in [3.63, 3.8) is 0 Å². The summed E-state index contributed by atoms with van der Waals surface area (Å²) in [5.41, 5.74) is 4.34. The van der Waals surface area contributed by atoms with E-state index in [-0.39, 0.29) is 11.6 Å². The van der Waals surface area contributed by atoms with Crippen LogP contribution in [0.25, 0.3) is 0 Å². The molecular weight excluding hydrogens is 288 g/mol. The van der Waals surface area contributed by atoms with Crippen molar-refractivity contribution in [1.29, 1.82) is 0 Å². The molecule has 0 aromatic heterocycles. The number of nitrogens with one attached hydrogen (secondary N) is 2. The molecule has 0 saturated carbocycles. The first-order chi connectivity index (χ1) is 10.4. The minimum Gasteiger partial charge on any atom is -0.444 e. The lowest BCUT2D eigenvalue weighted by Crippen LogP contribution is -2.51. The maximum absolute atomic E-state index is 11.9. The van der Waals surface area contributed by atoms with Crippen LogP contribution in [0.3, 0.4) is 0 Å². The molecule has 0 atom stereocenters. The summed E-state index contributed by atoms with van der Waals surface area (Å²) in [4.78, 5) is 11.9. The van der Waals surface area contributed by atoms with Crippen LogP contribution in [0.1, 0.15) is 56.9 Å². The molecule has 0 aliphatic rings. The van der Waals surface area contributed by atoms with E-state index in [1.165, 1.54) is 22.3 Å². The van der Waals surface area contributed by atoms with E-state index in [1.807, 2.05) is 34.6 Å². The van der Waals surface area contributed by atoms with Gasteiger partial charge in [-0.15, -0.1) is 0 Å². The highest BCUT2D eigenvalue weighted by atomic mass is 16.6. The summed E-state index contributed by atoms with van der Waals surface area (Å²) < 4.78 is 5.31. The summed E-state index contributed by atoms with van der Waals surface area (Å²) in [5.74, 6) is 0. The largest absolute Gasteiger partial charge is 0.444 e. The molecule has 0 unspecified atom stereocenters. The van der Waals surface area contributed by atoms with Crippen molar-refractivity contribution in [2.45, 2.75) is 73.1 Å². The zero-order valence-corrected chi connectivity index (χ0v) is 15.9. The highest BCUT2D eigenvalue weighted by Gasteiger charge is 2.24. The molecule has 0 aliphatic heterocycles. The number of carbonyl (C=O) groups is 1. The van der Waals surface area contributed by atoms with Crippen LogP contribution < -0.4 is 10.6 Å². The zero-order valence-electron chi connectivity index (χ0n) is 15.9. The van der Waals surface area contributed by atoms with Crippen molar-refractivity contribution in [3.05, 3.63) is 34.4 Å². The van der Waals surface area contributed by atoms with E-state index in [2.05, 4.69) is 43.5 Å². The Hall–Kier alpha value is -1.55. The Morgan fingerprint density at radius 3 is 2.13 bits per heavy atom. The van der Waals surface area contributed by atoms with Gasteiger partial charge in [0.25, 0.3) is 0 Å². The first-order valence-corrected chi connectivity index (χ1v) is 8.18. The first-order valence-electron chi connectivity index (χ1n) is 8.18. The van der Waals surface area contributed by atoms with Crippen molar-refractivity contribution >= 4 is 6.09 Å². The average molecular weight is 320 g/mol. The molecule has 0 spiro atoms. The summed E-state index contributed by atoms with van der Waals surface area (Å²) in [6.45, 7) is 17.4. The van der Waals surface area contributed by atoms with Gasteiger partial charge < -0.3 is 15.4 Å². The zero-order chi connectivity index (χ0) is 17.8. The maximum Gasteiger partial charge on any atom is 0.408 e. The fourth-order valence-corrected chi connectivity index (χ4v) is 2.34. The number of ether oxygens (including phenoxy) is 1. The second kappa shape index (κ2) is 7.35. The van der Waals surface area contributed by atoms with Crippen molar-refractivity contribution < 1.29 is 9.53 Å². The lowest BCUT2D eigenvalue weighted by Gasteiger charge is -2.29. The summed E-state index contributed by atoms with van der Waals surface area (Å²) >= 11 is 0. The summed E-state index contributed by atoms with van der Waals surface area (Å²) in [5, 5.41) is 6.34. The van der Waals surface area contributed by atoms with Gasteiger partial charge in [-0.2, -0.15) is 0 Å². The number of aryl methyl sites for hydroxylation is 3. The lowest BCUT2D eigenvalue weighted by molar-refractivity contribution is 0.0472. The third kappa shape index (κ3) is 7.04. The highest BCUT2D eigenvalue weighted by Crippen LogP contribution is 2.15. The summed E-state index contributed by atoms with van der Waals surface area (Å²) in [6, 6.07) is 4.45. The number of hydrogen-bond donors (Lipinski definition) is 2. The number of rotatable bonds is 5. The smallest absolute Gasteiger partial charge is 0.408 e. The van der Waals surface area contributed by atoms with E-state index in [4.69, 9.17) is 4.74 Å². The molecule has 1 aromatic carbocycles. The van der Waals surface area contributed by atoms with E-state index in [0.717, 1.165) is 6.54 Å². The van der Waals surface area contributed by atoms with Crippen LogP contribution in [0.5, 0.6) is 0 Å². The molecular formula is C19H32N2O2. The third-order valence-corrected chi connectivity index (χ3v) is 3.67. The van der Waals surface area contributed by atoms with E-state index in [1.54, 1.807) is 0 Å². The van der Waals surface area contributed by atoms with Crippen molar-refractivity contribution in [1.82, 2.24) is 10.6 Å². The van der Waals surface area contributed by atoms with Crippen LogP contribution in [0.2, 0.25) is 0 Å². The number of alkyl carbamates (subject to hydrolysis) is 1. The molecule has 0 saturated heterocycles. The molecule has 0 fully saturated rings. The van der Waals surface area contributed by atoms with Crippen LogP contribution >= 0.6 is 0 Å². The van der Waals surface area contributed by atoms with Crippen LogP contribution in [-0.4, -0.2) is 23.8 Å². The van der Waals surface area contributed by atoms with Gasteiger partial charge in [0.05, 0.1) is 5.54 Å². The number of carbonyl (C=O) groups excluding carboxylic acids is 1. The van der Waals surface area contributed by atoms with Crippen LogP contribution in [0.4, 0.5) is 4.79 Å². The molecule has 0 bridgehead atoms. The van der Waals surface area contributed by atoms with Gasteiger partial charge in [0, 0.05) is 13.1 Å². The SMILES string of the molecule is Cc1cc(C)c(CNCC(C)(C)NC(=O)OC(C)(C)C)cc1C. The van der Waals surface area contributed by atoms with Gasteiger partial charge in [-0.3, -0.25) is 0 Å². The monoisotopic (exact) mass is 320 g/mol. The molecule has 1 amide bonds. The minimum atomic E-state index is -0.482. The fourth-order valence-electron chi connectivity index (χ4n) is 2.34. The van der Waals surface area contributed by atoms with Crippen LogP contribution in [-0.2, 0) is 11.3 Å². The summed E-state index contributed by atoms with van der Waals surface area (Å²) in [6.07, 6.45) is -0.383. The molecule has 2 N–H and O–H groups in total. The molecule has 0 radical (unpaired) electrons. The second-order valence-corrected chi connectivity index (χ2v) is 7.98. The number of amides is 1. The molecule has 4 nitrogen and oxygen atoms in total. The Bertz CT molecular complexity index is 557. The Morgan fingerprint density at radius 2 is 1.57 bits per heavy atom. The maximum atomic E-state index is 11.9. The van der Waals surface area contributed by atoms with Gasteiger partial charge in [-0.05, 0) is 77.6 Å². The highest BCUT2D eigenvalue weighted by molar-refractivity contribution is 5.68. The predicted molar refractivity (Wildman–Crippen MR) is 95.8 cm³/mol. The Labute approximate surface area is 141 Å². The van der Waals surface area contributed by atoms with Gasteiger partial charge in [-0.25, -0.2) is 4.79 Å². The number of benzene rings is 1. The Morgan fingerprint density at radius 1 is 1.00 bits per heavy atom. The standard InChI is InChI=1S/C19H32N2O2/c1-13-9-15(3)16(10-14(13)2)11-20-12-19(7,8)21-17(22)23-18(4,5)6/h9-10,20H,11-12H2,1-8H3,(H,21,22). The molecule has 0 heterocycles. The normalized spacial score (nSPS) is 12.2. The molecule has 23 heavy (non-hydrogen) atoms. The molecule has 4 heteroatoms. The van der Waals surface area contributed by atoms with E-state index in [9.17, 15) is 4.79 Å². The topological polar surface area (TPSA) is 50.4 Å². The van der Waals surface area contributed by atoms with E-state index >= 15 is 0 Å². The van der Waals surface area contributed by atoms with E-state index < -0.39 is 5.60 Å². The van der Waals surface area contributed by atoms with Crippen LogP contribution in [0, 0.1) is 20.8 Å². The van der Waals surface area contributed by atoms with Gasteiger partial charge in [0.2, 0.25) is 0 Å². The quantitative estimate of drug-likeness (QED) is 0.862. The van der Waals surface area contributed by atoms with Crippen LogP contribution in [0.15, 0.2) is 12.1 Å². The lowest BCUT2D eigenvalue weighted by atomic mass is 10.0. The van der Waals surface area contributed by atoms with Gasteiger partial charge in [-0.1, -0.05) is 12.1 Å². The third-order valence-electron chi connectivity index (χ3n) is 3.67. The first kappa shape index (κ1) is 19.5. The molecule has 0 aliphatic carbocycles. The second-order valence-electron chi connectivity index (χ2n) is 7.98. The molecule has 130 valence electrons. The van der Waals surface area contributed by atoms with Gasteiger partial charge in [0.15, 0.2) is 0 Å². The average Bonchev–Trinajstić information content (AvgIpc) is 2.32. The van der Waals surface area contributed by atoms with Gasteiger partial charge >= 0.3 is 6.09 Å². The van der Waals surface area contributed by atoms with Crippen molar-refractivity contribution in [2.24, 2.45) is 0 Å². The fraction of sp³-hybridized carbons (Fsp3) is 0.632.